The Hall–Kier alpha value is -1.51. The molecule has 0 radical (unpaired) electrons. The highest BCUT2D eigenvalue weighted by Crippen LogP contribution is 2.28. The van der Waals surface area contributed by atoms with Crippen LogP contribution < -0.4 is 4.90 Å². The van der Waals surface area contributed by atoms with Crippen molar-refractivity contribution >= 4 is 11.7 Å². The van der Waals surface area contributed by atoms with Crippen LogP contribution in [0.1, 0.15) is 30.4 Å². The Balaban J connectivity index is 2.20. The number of benzene rings is 1. The molecule has 1 N–H and O–H groups in total. The highest BCUT2D eigenvalue weighted by molar-refractivity contribution is 5.69. The van der Waals surface area contributed by atoms with Gasteiger partial charge in [-0.25, -0.2) is 0 Å². The molecule has 0 aromatic heterocycles. The van der Waals surface area contributed by atoms with E-state index in [0.717, 1.165) is 25.1 Å². The molecule has 1 aromatic rings. The fraction of sp³-hybridized carbons (Fsp3) is 0.500. The summed E-state index contributed by atoms with van der Waals surface area (Å²) in [6, 6.07) is 6.54. The van der Waals surface area contributed by atoms with E-state index in [4.69, 9.17) is 5.11 Å². The molecular weight excluding hydrogens is 214 g/mol. The number of rotatable bonds is 3. The van der Waals surface area contributed by atoms with Gasteiger partial charge in [-0.3, -0.25) is 4.79 Å². The Bertz CT molecular complexity index is 428. The highest BCUT2D eigenvalue weighted by Gasteiger charge is 2.26. The van der Waals surface area contributed by atoms with Crippen LogP contribution in [0.3, 0.4) is 0 Å². The molecule has 1 aliphatic rings. The van der Waals surface area contributed by atoms with Crippen molar-refractivity contribution in [2.24, 2.45) is 0 Å². The normalized spacial score (nSPS) is 19.6. The smallest absolute Gasteiger partial charge is 0.305 e. The molecule has 1 heterocycles. The summed E-state index contributed by atoms with van der Waals surface area (Å²) in [6.45, 7) is 5.17. The van der Waals surface area contributed by atoms with E-state index in [2.05, 4.69) is 36.9 Å². The molecule has 0 amide bonds. The summed E-state index contributed by atoms with van der Waals surface area (Å²) in [7, 11) is 0. The molecule has 17 heavy (non-hydrogen) atoms. The Morgan fingerprint density at radius 3 is 2.82 bits per heavy atom. The number of aryl methyl sites for hydroxylation is 2. The Morgan fingerprint density at radius 1 is 1.41 bits per heavy atom. The van der Waals surface area contributed by atoms with Gasteiger partial charge in [0.2, 0.25) is 0 Å². The minimum Gasteiger partial charge on any atom is -0.481 e. The van der Waals surface area contributed by atoms with Crippen molar-refractivity contribution in [1.29, 1.82) is 0 Å². The lowest BCUT2D eigenvalue weighted by atomic mass is 10.1. The monoisotopic (exact) mass is 233 g/mol. The molecule has 3 heteroatoms. The molecule has 1 aliphatic heterocycles. The first kappa shape index (κ1) is 12.0. The summed E-state index contributed by atoms with van der Waals surface area (Å²) in [6.07, 6.45) is 2.32. The van der Waals surface area contributed by atoms with E-state index in [1.807, 2.05) is 0 Å². The third-order valence-corrected chi connectivity index (χ3v) is 3.61. The number of hydrogen-bond acceptors (Lipinski definition) is 2. The van der Waals surface area contributed by atoms with Crippen molar-refractivity contribution < 1.29 is 9.90 Å². The van der Waals surface area contributed by atoms with E-state index >= 15 is 0 Å². The summed E-state index contributed by atoms with van der Waals surface area (Å²) in [5, 5.41) is 8.91. The number of hydrogen-bond donors (Lipinski definition) is 1. The van der Waals surface area contributed by atoms with E-state index in [1.54, 1.807) is 0 Å². The van der Waals surface area contributed by atoms with Gasteiger partial charge in [-0.2, -0.15) is 0 Å². The first-order valence-corrected chi connectivity index (χ1v) is 6.13. The second-order valence-corrected chi connectivity index (χ2v) is 4.86. The summed E-state index contributed by atoms with van der Waals surface area (Å²) in [5.41, 5.74) is 3.71. The maximum absolute atomic E-state index is 10.8. The van der Waals surface area contributed by atoms with E-state index in [0.29, 0.717) is 0 Å². The predicted octanol–water partition coefficient (Wildman–Crippen LogP) is 2.75. The SMILES string of the molecule is Cc1ccc(N2CCCC2CC(=O)O)cc1C. The van der Waals surface area contributed by atoms with Crippen LogP contribution in [0.4, 0.5) is 5.69 Å². The van der Waals surface area contributed by atoms with Crippen LogP contribution in [0.2, 0.25) is 0 Å². The van der Waals surface area contributed by atoms with Crippen LogP contribution in [0.15, 0.2) is 18.2 Å². The molecular formula is C14H19NO2. The fourth-order valence-electron chi connectivity index (χ4n) is 2.49. The minimum atomic E-state index is -0.703. The Kier molecular flexibility index (Phi) is 3.36. The molecule has 1 unspecified atom stereocenters. The molecule has 1 atom stereocenters. The quantitative estimate of drug-likeness (QED) is 0.872. The van der Waals surface area contributed by atoms with Crippen LogP contribution in [0.5, 0.6) is 0 Å². The van der Waals surface area contributed by atoms with E-state index in [-0.39, 0.29) is 12.5 Å². The summed E-state index contributed by atoms with van der Waals surface area (Å²) in [5.74, 6) is -0.703. The second kappa shape index (κ2) is 4.78. The first-order chi connectivity index (χ1) is 8.08. The van der Waals surface area contributed by atoms with Gasteiger partial charge in [0.15, 0.2) is 0 Å². The third kappa shape index (κ3) is 2.60. The maximum atomic E-state index is 10.8. The van der Waals surface area contributed by atoms with Gasteiger partial charge in [-0.15, -0.1) is 0 Å². The van der Waals surface area contributed by atoms with Crippen molar-refractivity contribution in [2.45, 2.75) is 39.2 Å². The third-order valence-electron chi connectivity index (χ3n) is 3.61. The topological polar surface area (TPSA) is 40.5 Å². The van der Waals surface area contributed by atoms with Gasteiger partial charge in [0.1, 0.15) is 0 Å². The van der Waals surface area contributed by atoms with E-state index in [1.165, 1.54) is 11.1 Å². The zero-order chi connectivity index (χ0) is 12.4. The highest BCUT2D eigenvalue weighted by atomic mass is 16.4. The lowest BCUT2D eigenvalue weighted by molar-refractivity contribution is -0.137. The van der Waals surface area contributed by atoms with Crippen molar-refractivity contribution in [2.75, 3.05) is 11.4 Å². The molecule has 0 spiro atoms. The van der Waals surface area contributed by atoms with E-state index < -0.39 is 5.97 Å². The molecule has 0 bridgehead atoms. The summed E-state index contributed by atoms with van der Waals surface area (Å²) < 4.78 is 0. The van der Waals surface area contributed by atoms with Crippen LogP contribution in [0.25, 0.3) is 0 Å². The molecule has 3 nitrogen and oxygen atoms in total. The first-order valence-electron chi connectivity index (χ1n) is 6.13. The molecule has 2 rings (SSSR count). The van der Waals surface area contributed by atoms with Gasteiger partial charge in [0.05, 0.1) is 6.42 Å². The molecule has 0 aliphatic carbocycles. The number of carbonyl (C=O) groups is 1. The number of nitrogens with zero attached hydrogens (tertiary/aromatic N) is 1. The van der Waals surface area contributed by atoms with Gasteiger partial charge in [-0.1, -0.05) is 6.07 Å². The van der Waals surface area contributed by atoms with Crippen LogP contribution in [-0.4, -0.2) is 23.7 Å². The van der Waals surface area contributed by atoms with Gasteiger partial charge < -0.3 is 10.0 Å². The number of aliphatic carboxylic acids is 1. The van der Waals surface area contributed by atoms with E-state index in [9.17, 15) is 4.79 Å². The minimum absolute atomic E-state index is 0.162. The van der Waals surface area contributed by atoms with Gasteiger partial charge in [0.25, 0.3) is 0 Å². The molecule has 1 saturated heterocycles. The van der Waals surface area contributed by atoms with Crippen molar-refractivity contribution in [1.82, 2.24) is 0 Å². The van der Waals surface area contributed by atoms with Gasteiger partial charge in [0, 0.05) is 18.3 Å². The average molecular weight is 233 g/mol. The molecule has 92 valence electrons. The summed E-state index contributed by atoms with van der Waals surface area (Å²) in [4.78, 5) is 13.1. The average Bonchev–Trinajstić information content (AvgIpc) is 2.69. The molecule has 0 saturated carbocycles. The molecule has 1 fully saturated rings. The van der Waals surface area contributed by atoms with Crippen LogP contribution >= 0.6 is 0 Å². The Morgan fingerprint density at radius 2 is 2.18 bits per heavy atom. The zero-order valence-corrected chi connectivity index (χ0v) is 10.4. The second-order valence-electron chi connectivity index (χ2n) is 4.86. The van der Waals surface area contributed by atoms with Crippen molar-refractivity contribution in [3.8, 4) is 0 Å². The lowest BCUT2D eigenvalue weighted by Gasteiger charge is -2.26. The van der Waals surface area contributed by atoms with Gasteiger partial charge >= 0.3 is 5.97 Å². The Labute approximate surface area is 102 Å². The van der Waals surface area contributed by atoms with Crippen LogP contribution in [0, 0.1) is 13.8 Å². The zero-order valence-electron chi connectivity index (χ0n) is 10.4. The van der Waals surface area contributed by atoms with Gasteiger partial charge in [-0.05, 0) is 49.9 Å². The summed E-state index contributed by atoms with van der Waals surface area (Å²) >= 11 is 0. The number of carboxylic acids is 1. The maximum Gasteiger partial charge on any atom is 0.305 e. The number of anilines is 1. The lowest BCUT2D eigenvalue weighted by Crippen LogP contribution is -2.31. The fourth-order valence-corrected chi connectivity index (χ4v) is 2.49. The van der Waals surface area contributed by atoms with Crippen LogP contribution in [-0.2, 0) is 4.79 Å². The molecule has 1 aromatic carbocycles. The standard InChI is InChI=1S/C14H19NO2/c1-10-5-6-13(8-11(10)2)15-7-3-4-12(15)9-14(16)17/h5-6,8,12H,3-4,7,9H2,1-2H3,(H,16,17). The number of carboxylic acid groups (broad SMARTS) is 1. The predicted molar refractivity (Wildman–Crippen MR) is 68.5 cm³/mol. The van der Waals surface area contributed by atoms with Crippen molar-refractivity contribution in [3.05, 3.63) is 29.3 Å². The van der Waals surface area contributed by atoms with Crippen molar-refractivity contribution in [3.63, 3.8) is 0 Å². The largest absolute Gasteiger partial charge is 0.481 e.